The van der Waals surface area contributed by atoms with Crippen molar-refractivity contribution in [1.29, 1.82) is 0 Å². The highest BCUT2D eigenvalue weighted by Gasteiger charge is 2.16. The van der Waals surface area contributed by atoms with Crippen LogP contribution in [0.4, 0.5) is 0 Å². The summed E-state index contributed by atoms with van der Waals surface area (Å²) in [5, 5.41) is 10.7. The highest BCUT2D eigenvalue weighted by molar-refractivity contribution is 6.30. The molecule has 0 spiro atoms. The van der Waals surface area contributed by atoms with Crippen molar-refractivity contribution in [1.82, 2.24) is 9.80 Å². The molecule has 0 aromatic heterocycles. The maximum absolute atomic E-state index is 9.99. The molecule has 1 fully saturated rings. The van der Waals surface area contributed by atoms with Crippen LogP contribution >= 0.6 is 11.6 Å². The molecule has 1 N–H and O–H groups in total. The number of hydrogen-bond acceptors (Lipinski definition) is 4. The molecule has 1 aliphatic heterocycles. The molecule has 1 saturated heterocycles. The van der Waals surface area contributed by atoms with E-state index in [0.29, 0.717) is 19.8 Å². The van der Waals surface area contributed by atoms with E-state index in [0.717, 1.165) is 36.8 Å². The smallest absolute Gasteiger partial charge is 0.0900 e. The van der Waals surface area contributed by atoms with Gasteiger partial charge in [0.2, 0.25) is 0 Å². The Bertz CT molecular complexity index is 391. The molecule has 0 aliphatic carbocycles. The summed E-state index contributed by atoms with van der Waals surface area (Å²) in [4.78, 5) is 4.59. The van der Waals surface area contributed by atoms with Gasteiger partial charge in [0.1, 0.15) is 0 Å². The lowest BCUT2D eigenvalue weighted by Crippen LogP contribution is -2.47. The van der Waals surface area contributed by atoms with Crippen LogP contribution in [0.25, 0.3) is 0 Å². The molecule has 0 amide bonds. The van der Waals surface area contributed by atoms with Gasteiger partial charge in [-0.2, -0.15) is 0 Å². The van der Waals surface area contributed by atoms with Crippen molar-refractivity contribution >= 4 is 11.6 Å². The Labute approximate surface area is 125 Å². The lowest BCUT2D eigenvalue weighted by Gasteiger charge is -2.33. The second-order valence-corrected chi connectivity index (χ2v) is 5.84. The van der Waals surface area contributed by atoms with Gasteiger partial charge in [0.15, 0.2) is 0 Å². The van der Waals surface area contributed by atoms with Gasteiger partial charge < -0.3 is 14.7 Å². The number of benzene rings is 1. The van der Waals surface area contributed by atoms with Gasteiger partial charge in [-0.05, 0) is 24.7 Å². The van der Waals surface area contributed by atoms with Crippen molar-refractivity contribution in [3.05, 3.63) is 34.9 Å². The van der Waals surface area contributed by atoms with E-state index in [-0.39, 0.29) is 0 Å². The molecule has 4 nitrogen and oxygen atoms in total. The zero-order chi connectivity index (χ0) is 14.4. The van der Waals surface area contributed by atoms with Crippen molar-refractivity contribution in [2.75, 3.05) is 46.4 Å². The Hall–Kier alpha value is -0.650. The molecule has 0 bridgehead atoms. The number of likely N-dealkylation sites (N-methyl/N-ethyl adjacent to an activating group) is 1. The van der Waals surface area contributed by atoms with Crippen LogP contribution in [0.3, 0.4) is 0 Å². The molecule has 20 heavy (non-hydrogen) atoms. The number of rotatable bonds is 6. The Morgan fingerprint density at radius 3 is 2.50 bits per heavy atom. The van der Waals surface area contributed by atoms with Gasteiger partial charge in [-0.15, -0.1) is 0 Å². The maximum atomic E-state index is 9.99. The third kappa shape index (κ3) is 5.38. The summed E-state index contributed by atoms with van der Waals surface area (Å²) in [6.07, 6.45) is -0.425. The summed E-state index contributed by atoms with van der Waals surface area (Å²) in [6, 6.07) is 7.58. The van der Waals surface area contributed by atoms with E-state index in [2.05, 4.69) is 16.8 Å². The maximum Gasteiger partial charge on any atom is 0.0900 e. The highest BCUT2D eigenvalue weighted by atomic mass is 35.5. The van der Waals surface area contributed by atoms with E-state index in [1.54, 1.807) is 0 Å². The number of aliphatic hydroxyl groups excluding tert-OH is 1. The fourth-order valence-electron chi connectivity index (χ4n) is 2.27. The quantitative estimate of drug-likeness (QED) is 0.863. The Morgan fingerprint density at radius 2 is 1.85 bits per heavy atom. The van der Waals surface area contributed by atoms with Crippen molar-refractivity contribution < 1.29 is 9.84 Å². The second kappa shape index (κ2) is 7.96. The summed E-state index contributed by atoms with van der Waals surface area (Å²) in [5.41, 5.74) is 1.07. The van der Waals surface area contributed by atoms with Crippen LogP contribution in [0, 0.1) is 0 Å². The summed E-state index contributed by atoms with van der Waals surface area (Å²) < 4.78 is 5.55. The van der Waals surface area contributed by atoms with Crippen LogP contribution in [0.5, 0.6) is 0 Å². The zero-order valence-electron chi connectivity index (χ0n) is 12.0. The molecule has 1 atom stereocenters. The molecule has 2 rings (SSSR count). The van der Waals surface area contributed by atoms with Crippen LogP contribution in [-0.4, -0.2) is 67.4 Å². The molecule has 1 aromatic carbocycles. The van der Waals surface area contributed by atoms with Crippen molar-refractivity contribution in [3.63, 3.8) is 0 Å². The number of ether oxygens (including phenoxy) is 1. The molecule has 1 heterocycles. The number of aliphatic hydroxyl groups is 1. The molecular formula is C15H23ClN2O2. The molecule has 1 aliphatic rings. The molecular weight excluding hydrogens is 276 g/mol. The van der Waals surface area contributed by atoms with Crippen molar-refractivity contribution in [2.24, 2.45) is 0 Å². The molecule has 0 saturated carbocycles. The average Bonchev–Trinajstić information content (AvgIpc) is 2.44. The van der Waals surface area contributed by atoms with Crippen molar-refractivity contribution in [2.45, 2.75) is 12.7 Å². The summed E-state index contributed by atoms with van der Waals surface area (Å²) in [6.45, 7) is 5.74. The van der Waals surface area contributed by atoms with Crippen molar-refractivity contribution in [3.8, 4) is 0 Å². The molecule has 1 unspecified atom stereocenters. The summed E-state index contributed by atoms with van der Waals surface area (Å²) in [7, 11) is 2.13. The van der Waals surface area contributed by atoms with Gasteiger partial charge in [0.25, 0.3) is 0 Å². The minimum atomic E-state index is -0.425. The Morgan fingerprint density at radius 1 is 1.20 bits per heavy atom. The topological polar surface area (TPSA) is 35.9 Å². The van der Waals surface area contributed by atoms with Crippen LogP contribution in [0.2, 0.25) is 5.02 Å². The fourth-order valence-corrected chi connectivity index (χ4v) is 2.40. The predicted octanol–water partition coefficient (Wildman–Crippen LogP) is 1.46. The van der Waals surface area contributed by atoms with E-state index in [1.807, 2.05) is 24.3 Å². The predicted molar refractivity (Wildman–Crippen MR) is 81.1 cm³/mol. The van der Waals surface area contributed by atoms with Gasteiger partial charge in [0, 0.05) is 37.7 Å². The first-order chi connectivity index (χ1) is 9.63. The first-order valence-electron chi connectivity index (χ1n) is 7.04. The normalized spacial score (nSPS) is 19.1. The van der Waals surface area contributed by atoms with Gasteiger partial charge in [-0.1, -0.05) is 23.7 Å². The minimum Gasteiger partial charge on any atom is -0.389 e. The van der Waals surface area contributed by atoms with E-state index in [4.69, 9.17) is 16.3 Å². The summed E-state index contributed by atoms with van der Waals surface area (Å²) >= 11 is 5.83. The molecule has 112 valence electrons. The Balaban J connectivity index is 1.62. The lowest BCUT2D eigenvalue weighted by molar-refractivity contribution is 0.00297. The minimum absolute atomic E-state index is 0.370. The lowest BCUT2D eigenvalue weighted by atomic mass is 10.2. The van der Waals surface area contributed by atoms with E-state index < -0.39 is 6.10 Å². The van der Waals surface area contributed by atoms with E-state index in [9.17, 15) is 5.11 Å². The van der Waals surface area contributed by atoms with Gasteiger partial charge >= 0.3 is 0 Å². The third-order valence-corrected chi connectivity index (χ3v) is 3.81. The monoisotopic (exact) mass is 298 g/mol. The van der Waals surface area contributed by atoms with Crippen LogP contribution in [0.1, 0.15) is 5.56 Å². The largest absolute Gasteiger partial charge is 0.389 e. The van der Waals surface area contributed by atoms with Gasteiger partial charge in [0.05, 0.1) is 19.3 Å². The Kier molecular flexibility index (Phi) is 6.26. The highest BCUT2D eigenvalue weighted by Crippen LogP contribution is 2.10. The number of halogens is 1. The van der Waals surface area contributed by atoms with E-state index in [1.165, 1.54) is 0 Å². The fraction of sp³-hybridized carbons (Fsp3) is 0.600. The standard InChI is InChI=1S/C15H23ClN2O2/c1-17-6-8-18(9-7-17)10-15(19)12-20-11-13-2-4-14(16)5-3-13/h2-5,15,19H,6-12H2,1H3. The number of piperazine rings is 1. The third-order valence-electron chi connectivity index (χ3n) is 3.56. The molecule has 5 heteroatoms. The zero-order valence-corrected chi connectivity index (χ0v) is 12.7. The van der Waals surface area contributed by atoms with E-state index >= 15 is 0 Å². The first kappa shape index (κ1) is 15.7. The molecule has 0 radical (unpaired) electrons. The first-order valence-corrected chi connectivity index (χ1v) is 7.42. The number of β-amino-alcohol motifs (C(OH)–C–C–N with tert-alkyl or cyclic N) is 1. The van der Waals surface area contributed by atoms with Gasteiger partial charge in [-0.25, -0.2) is 0 Å². The van der Waals surface area contributed by atoms with Crippen LogP contribution in [-0.2, 0) is 11.3 Å². The van der Waals surface area contributed by atoms with Crippen LogP contribution < -0.4 is 0 Å². The van der Waals surface area contributed by atoms with Gasteiger partial charge in [-0.3, -0.25) is 4.90 Å². The number of nitrogens with zero attached hydrogens (tertiary/aromatic N) is 2. The SMILES string of the molecule is CN1CCN(CC(O)COCc2ccc(Cl)cc2)CC1. The summed E-state index contributed by atoms with van der Waals surface area (Å²) in [5.74, 6) is 0. The average molecular weight is 299 g/mol. The van der Waals surface area contributed by atoms with Crippen LogP contribution in [0.15, 0.2) is 24.3 Å². The second-order valence-electron chi connectivity index (χ2n) is 5.40. The number of hydrogen-bond donors (Lipinski definition) is 1. The molecule has 1 aromatic rings.